The summed E-state index contributed by atoms with van der Waals surface area (Å²) < 4.78 is 5.10. The number of ether oxygens (including phenoxy) is 1. The smallest absolute Gasteiger partial charge is 0.191 e. The van der Waals surface area contributed by atoms with Gasteiger partial charge in [-0.1, -0.05) is 30.3 Å². The largest absolute Gasteiger partial charge is 0.385 e. The Bertz CT molecular complexity index is 512. The molecule has 0 saturated heterocycles. The number of hydrogen-bond acceptors (Lipinski definition) is 3. The van der Waals surface area contributed by atoms with Crippen LogP contribution in [0.2, 0.25) is 0 Å². The van der Waals surface area contributed by atoms with Crippen LogP contribution in [0.4, 0.5) is 0 Å². The highest BCUT2D eigenvalue weighted by atomic mass is 127. The molecule has 1 saturated carbocycles. The molecule has 0 radical (unpaired) electrons. The highest BCUT2D eigenvalue weighted by molar-refractivity contribution is 14.0. The minimum absolute atomic E-state index is 0. The van der Waals surface area contributed by atoms with Gasteiger partial charge in [-0.3, -0.25) is 4.99 Å². The van der Waals surface area contributed by atoms with Crippen molar-refractivity contribution < 1.29 is 4.74 Å². The first-order valence-corrected chi connectivity index (χ1v) is 9.49. The van der Waals surface area contributed by atoms with Crippen LogP contribution in [0.1, 0.15) is 31.2 Å². The molecule has 0 amide bonds. The Labute approximate surface area is 176 Å². The predicted octanol–water partition coefficient (Wildman–Crippen LogP) is 2.93. The SMILES string of the molecule is CCNC(=NCC1CC1c1ccccc1)NCCN(C)CCCOC.I. The molecule has 0 bridgehead atoms. The van der Waals surface area contributed by atoms with E-state index in [1.807, 2.05) is 0 Å². The summed E-state index contributed by atoms with van der Waals surface area (Å²) in [6.07, 6.45) is 2.33. The number of methoxy groups -OCH3 is 1. The van der Waals surface area contributed by atoms with Gasteiger partial charge in [0.05, 0.1) is 0 Å². The second-order valence-electron chi connectivity index (χ2n) is 6.81. The summed E-state index contributed by atoms with van der Waals surface area (Å²) in [5, 5.41) is 6.79. The van der Waals surface area contributed by atoms with Crippen molar-refractivity contribution in [3.63, 3.8) is 0 Å². The van der Waals surface area contributed by atoms with Crippen LogP contribution in [-0.4, -0.2) is 64.3 Å². The van der Waals surface area contributed by atoms with Crippen molar-refractivity contribution in [2.75, 3.05) is 53.5 Å². The van der Waals surface area contributed by atoms with Gasteiger partial charge in [0.15, 0.2) is 5.96 Å². The fourth-order valence-corrected chi connectivity index (χ4v) is 3.06. The summed E-state index contributed by atoms with van der Waals surface area (Å²) in [5.41, 5.74) is 1.46. The van der Waals surface area contributed by atoms with Crippen LogP contribution >= 0.6 is 24.0 Å². The highest BCUT2D eigenvalue weighted by Gasteiger charge is 2.37. The summed E-state index contributed by atoms with van der Waals surface area (Å²) in [6, 6.07) is 10.8. The van der Waals surface area contributed by atoms with Crippen LogP contribution < -0.4 is 10.6 Å². The van der Waals surface area contributed by atoms with Crippen molar-refractivity contribution >= 4 is 29.9 Å². The Balaban J connectivity index is 0.00000338. The molecule has 2 N–H and O–H groups in total. The number of nitrogens with zero attached hydrogens (tertiary/aromatic N) is 2. The molecule has 0 spiro atoms. The van der Waals surface area contributed by atoms with Crippen LogP contribution in [0.5, 0.6) is 0 Å². The molecule has 2 atom stereocenters. The fourth-order valence-electron chi connectivity index (χ4n) is 3.06. The number of guanidine groups is 1. The van der Waals surface area contributed by atoms with Gasteiger partial charge >= 0.3 is 0 Å². The normalized spacial score (nSPS) is 19.2. The van der Waals surface area contributed by atoms with Crippen LogP contribution in [0, 0.1) is 5.92 Å². The van der Waals surface area contributed by atoms with Crippen molar-refractivity contribution in [2.45, 2.75) is 25.7 Å². The topological polar surface area (TPSA) is 48.9 Å². The van der Waals surface area contributed by atoms with Gasteiger partial charge in [0.2, 0.25) is 0 Å². The van der Waals surface area contributed by atoms with Crippen LogP contribution in [0.15, 0.2) is 35.3 Å². The van der Waals surface area contributed by atoms with E-state index >= 15 is 0 Å². The Kier molecular flexibility index (Phi) is 11.9. The number of nitrogens with one attached hydrogen (secondary N) is 2. The molecule has 1 fully saturated rings. The molecule has 1 aromatic carbocycles. The molecular weight excluding hydrogens is 439 g/mol. The number of likely N-dealkylation sites (N-methyl/N-ethyl adjacent to an activating group) is 1. The predicted molar refractivity (Wildman–Crippen MR) is 121 cm³/mol. The van der Waals surface area contributed by atoms with Gasteiger partial charge in [0.1, 0.15) is 0 Å². The number of hydrogen-bond donors (Lipinski definition) is 2. The zero-order valence-corrected chi connectivity index (χ0v) is 18.7. The van der Waals surface area contributed by atoms with E-state index in [1.54, 1.807) is 7.11 Å². The fraction of sp³-hybridized carbons (Fsp3) is 0.650. The summed E-state index contributed by atoms with van der Waals surface area (Å²) in [7, 11) is 3.90. The maximum atomic E-state index is 5.10. The van der Waals surface area contributed by atoms with E-state index in [9.17, 15) is 0 Å². The van der Waals surface area contributed by atoms with Crippen molar-refractivity contribution in [3.05, 3.63) is 35.9 Å². The van der Waals surface area contributed by atoms with E-state index in [0.717, 1.165) is 51.7 Å². The molecule has 148 valence electrons. The van der Waals surface area contributed by atoms with E-state index in [1.165, 1.54) is 12.0 Å². The molecule has 1 aromatic rings. The first-order chi connectivity index (χ1) is 12.2. The lowest BCUT2D eigenvalue weighted by molar-refractivity contribution is 0.180. The Morgan fingerprint density at radius 3 is 2.69 bits per heavy atom. The highest BCUT2D eigenvalue weighted by Crippen LogP contribution is 2.47. The van der Waals surface area contributed by atoms with Crippen molar-refractivity contribution in [3.8, 4) is 0 Å². The first kappa shape index (κ1) is 23.2. The van der Waals surface area contributed by atoms with Crippen molar-refractivity contribution in [2.24, 2.45) is 10.9 Å². The third kappa shape index (κ3) is 8.68. The van der Waals surface area contributed by atoms with Gasteiger partial charge in [0.25, 0.3) is 0 Å². The molecule has 2 rings (SSSR count). The van der Waals surface area contributed by atoms with Gasteiger partial charge in [-0.25, -0.2) is 0 Å². The molecule has 1 aliphatic carbocycles. The van der Waals surface area contributed by atoms with Crippen molar-refractivity contribution in [1.82, 2.24) is 15.5 Å². The Morgan fingerprint density at radius 1 is 1.23 bits per heavy atom. The lowest BCUT2D eigenvalue weighted by Gasteiger charge is -2.18. The Hall–Kier alpha value is -0.860. The van der Waals surface area contributed by atoms with Gasteiger partial charge in [0, 0.05) is 46.4 Å². The molecule has 0 aliphatic heterocycles. The second-order valence-corrected chi connectivity index (χ2v) is 6.81. The molecule has 2 unspecified atom stereocenters. The summed E-state index contributed by atoms with van der Waals surface area (Å²) in [5.74, 6) is 2.32. The first-order valence-electron chi connectivity index (χ1n) is 9.49. The zero-order valence-electron chi connectivity index (χ0n) is 16.4. The molecule has 0 heterocycles. The van der Waals surface area contributed by atoms with E-state index in [-0.39, 0.29) is 24.0 Å². The molecule has 1 aliphatic rings. The van der Waals surface area contributed by atoms with E-state index in [4.69, 9.17) is 9.73 Å². The minimum Gasteiger partial charge on any atom is -0.385 e. The molecule has 6 heteroatoms. The van der Waals surface area contributed by atoms with Gasteiger partial charge in [-0.2, -0.15) is 0 Å². The summed E-state index contributed by atoms with van der Waals surface area (Å²) in [6.45, 7) is 7.70. The van der Waals surface area contributed by atoms with Crippen LogP contribution in [-0.2, 0) is 4.74 Å². The lowest BCUT2D eigenvalue weighted by atomic mass is 10.1. The Morgan fingerprint density at radius 2 is 2.00 bits per heavy atom. The van der Waals surface area contributed by atoms with Gasteiger partial charge < -0.3 is 20.3 Å². The molecule has 0 aromatic heterocycles. The number of halogens is 1. The second kappa shape index (κ2) is 13.3. The van der Waals surface area contributed by atoms with E-state index in [0.29, 0.717) is 11.8 Å². The van der Waals surface area contributed by atoms with E-state index in [2.05, 4.69) is 59.8 Å². The standard InChI is InChI=1S/C20H34N4O.HI/c1-4-21-20(22-11-13-24(2)12-8-14-25-3)23-16-18-15-19(18)17-9-6-5-7-10-17;/h5-7,9-10,18-19H,4,8,11-16H2,1-3H3,(H2,21,22,23);1H. The third-order valence-electron chi connectivity index (χ3n) is 4.65. The van der Waals surface area contributed by atoms with Gasteiger partial charge in [-0.15, -0.1) is 24.0 Å². The third-order valence-corrected chi connectivity index (χ3v) is 4.65. The number of benzene rings is 1. The zero-order chi connectivity index (χ0) is 17.9. The average Bonchev–Trinajstić information content (AvgIpc) is 3.40. The monoisotopic (exact) mass is 474 g/mol. The summed E-state index contributed by atoms with van der Waals surface area (Å²) >= 11 is 0. The average molecular weight is 474 g/mol. The number of aliphatic imine (C=N–C) groups is 1. The van der Waals surface area contributed by atoms with Gasteiger partial charge in [-0.05, 0) is 44.2 Å². The number of rotatable bonds is 11. The maximum absolute atomic E-state index is 5.10. The van der Waals surface area contributed by atoms with Crippen molar-refractivity contribution in [1.29, 1.82) is 0 Å². The van der Waals surface area contributed by atoms with Crippen LogP contribution in [0.3, 0.4) is 0 Å². The molecule has 5 nitrogen and oxygen atoms in total. The van der Waals surface area contributed by atoms with E-state index < -0.39 is 0 Å². The summed E-state index contributed by atoms with van der Waals surface area (Å²) in [4.78, 5) is 7.10. The van der Waals surface area contributed by atoms with Crippen LogP contribution in [0.25, 0.3) is 0 Å². The minimum atomic E-state index is 0. The lowest BCUT2D eigenvalue weighted by Crippen LogP contribution is -2.41. The molecule has 26 heavy (non-hydrogen) atoms. The maximum Gasteiger partial charge on any atom is 0.191 e. The molecular formula is C20H35IN4O. The quantitative estimate of drug-likeness (QED) is 0.224.